The maximum atomic E-state index is 12.0. The van der Waals surface area contributed by atoms with Crippen molar-refractivity contribution in [1.82, 2.24) is 10.9 Å². The van der Waals surface area contributed by atoms with E-state index in [4.69, 9.17) is 11.6 Å². The number of anilines is 1. The second-order valence-electron chi connectivity index (χ2n) is 5.43. The van der Waals surface area contributed by atoms with Crippen molar-refractivity contribution in [1.29, 1.82) is 0 Å². The van der Waals surface area contributed by atoms with Crippen molar-refractivity contribution >= 4 is 29.2 Å². The first kappa shape index (κ1) is 15.4. The van der Waals surface area contributed by atoms with E-state index in [1.165, 1.54) is 0 Å². The van der Waals surface area contributed by atoms with Gasteiger partial charge in [-0.25, -0.2) is 10.2 Å². The molecule has 3 N–H and O–H groups in total. The molecule has 3 rings (SSSR count). The van der Waals surface area contributed by atoms with Crippen LogP contribution in [0.15, 0.2) is 54.6 Å². The molecule has 2 atom stereocenters. The zero-order chi connectivity index (χ0) is 16.2. The van der Waals surface area contributed by atoms with Crippen molar-refractivity contribution in [2.75, 3.05) is 5.32 Å². The smallest absolute Gasteiger partial charge is 0.307 e. The van der Waals surface area contributed by atoms with E-state index in [2.05, 4.69) is 16.2 Å². The lowest BCUT2D eigenvalue weighted by molar-refractivity contribution is -0.123. The van der Waals surface area contributed by atoms with Crippen LogP contribution in [-0.2, 0) is 4.79 Å². The predicted octanol–water partition coefficient (Wildman–Crippen LogP) is 3.30. The third-order valence-electron chi connectivity index (χ3n) is 3.76. The first-order chi connectivity index (χ1) is 11.1. The van der Waals surface area contributed by atoms with Gasteiger partial charge < -0.3 is 5.32 Å². The maximum Gasteiger partial charge on any atom is 0.337 e. The minimum absolute atomic E-state index is 0.0896. The Labute approximate surface area is 139 Å². The summed E-state index contributed by atoms with van der Waals surface area (Å²) in [6.07, 6.45) is 0.802. The fraction of sp³-hybridized carbons (Fsp3) is 0.176. The predicted molar refractivity (Wildman–Crippen MR) is 89.0 cm³/mol. The lowest BCUT2D eigenvalue weighted by Gasteiger charge is -2.09. The molecule has 1 fully saturated rings. The number of carbonyl (C=O) groups excluding carboxylic acids is 2. The molecule has 0 aliphatic heterocycles. The molecule has 0 spiro atoms. The summed E-state index contributed by atoms with van der Waals surface area (Å²) in [5.74, 6) is -0.0318. The topological polar surface area (TPSA) is 70.2 Å². The van der Waals surface area contributed by atoms with Crippen molar-refractivity contribution in [3.63, 3.8) is 0 Å². The Balaban J connectivity index is 1.44. The average molecular weight is 330 g/mol. The number of hydrazine groups is 1. The van der Waals surface area contributed by atoms with Gasteiger partial charge in [0.05, 0.1) is 0 Å². The number of hydrogen-bond acceptors (Lipinski definition) is 2. The van der Waals surface area contributed by atoms with Crippen LogP contribution in [0, 0.1) is 5.92 Å². The van der Waals surface area contributed by atoms with E-state index in [1.807, 2.05) is 30.3 Å². The van der Waals surface area contributed by atoms with Crippen molar-refractivity contribution in [2.24, 2.45) is 5.92 Å². The van der Waals surface area contributed by atoms with Gasteiger partial charge in [-0.05, 0) is 42.2 Å². The van der Waals surface area contributed by atoms with Crippen LogP contribution in [0.5, 0.6) is 0 Å². The second kappa shape index (κ2) is 6.71. The van der Waals surface area contributed by atoms with E-state index in [0.29, 0.717) is 10.7 Å². The molecule has 5 nitrogen and oxygen atoms in total. The van der Waals surface area contributed by atoms with Crippen LogP contribution in [0.1, 0.15) is 17.9 Å². The maximum absolute atomic E-state index is 12.0. The summed E-state index contributed by atoms with van der Waals surface area (Å²) in [5, 5.41) is 3.19. The number of rotatable bonds is 3. The molecule has 0 aromatic heterocycles. The fourth-order valence-corrected chi connectivity index (χ4v) is 2.59. The highest BCUT2D eigenvalue weighted by atomic mass is 35.5. The summed E-state index contributed by atoms with van der Waals surface area (Å²) >= 11 is 5.77. The molecule has 2 aromatic rings. The van der Waals surface area contributed by atoms with E-state index in [0.717, 1.165) is 12.0 Å². The molecule has 2 aromatic carbocycles. The van der Waals surface area contributed by atoms with Crippen molar-refractivity contribution in [3.05, 3.63) is 65.2 Å². The molecule has 118 valence electrons. The van der Waals surface area contributed by atoms with Gasteiger partial charge >= 0.3 is 6.03 Å². The van der Waals surface area contributed by atoms with Gasteiger partial charge in [0.1, 0.15) is 0 Å². The number of amides is 3. The molecule has 1 aliphatic carbocycles. The summed E-state index contributed by atoms with van der Waals surface area (Å²) in [4.78, 5) is 23.7. The van der Waals surface area contributed by atoms with Crippen LogP contribution in [0.4, 0.5) is 10.5 Å². The first-order valence-corrected chi connectivity index (χ1v) is 7.68. The van der Waals surface area contributed by atoms with Gasteiger partial charge in [0.25, 0.3) is 0 Å². The van der Waals surface area contributed by atoms with Crippen LogP contribution in [0.2, 0.25) is 5.02 Å². The third-order valence-corrected chi connectivity index (χ3v) is 4.01. The molecular weight excluding hydrogens is 314 g/mol. The quantitative estimate of drug-likeness (QED) is 0.756. The minimum Gasteiger partial charge on any atom is -0.307 e. The molecular formula is C17H16ClN3O2. The van der Waals surface area contributed by atoms with Crippen LogP contribution < -0.4 is 16.2 Å². The summed E-state index contributed by atoms with van der Waals surface area (Å²) < 4.78 is 0. The Bertz CT molecular complexity index is 704. The molecule has 23 heavy (non-hydrogen) atoms. The minimum atomic E-state index is -0.502. The number of urea groups is 1. The van der Waals surface area contributed by atoms with Crippen molar-refractivity contribution < 1.29 is 9.59 Å². The SMILES string of the molecule is O=C(NNC(=O)[C@H]1C[C@@H]1c1ccccc1)Nc1ccc(Cl)cc1. The Hall–Kier alpha value is -2.53. The molecule has 0 bridgehead atoms. The second-order valence-corrected chi connectivity index (χ2v) is 5.87. The molecule has 6 heteroatoms. The molecule has 1 saturated carbocycles. The highest BCUT2D eigenvalue weighted by Crippen LogP contribution is 2.47. The summed E-state index contributed by atoms with van der Waals surface area (Å²) in [6, 6.07) is 16.1. The molecule has 0 heterocycles. The van der Waals surface area contributed by atoms with Gasteiger partial charge in [0, 0.05) is 16.6 Å². The largest absolute Gasteiger partial charge is 0.337 e. The van der Waals surface area contributed by atoms with Gasteiger partial charge in [0.15, 0.2) is 0 Å². The van der Waals surface area contributed by atoms with Gasteiger partial charge in [-0.2, -0.15) is 0 Å². The number of nitrogens with one attached hydrogen (secondary N) is 3. The zero-order valence-corrected chi connectivity index (χ0v) is 13.0. The Kier molecular flexibility index (Phi) is 4.48. The fourth-order valence-electron chi connectivity index (χ4n) is 2.46. The van der Waals surface area contributed by atoms with E-state index >= 15 is 0 Å². The Morgan fingerprint density at radius 3 is 2.35 bits per heavy atom. The van der Waals surface area contributed by atoms with Gasteiger partial charge in [0.2, 0.25) is 5.91 Å². The Morgan fingerprint density at radius 2 is 1.65 bits per heavy atom. The Morgan fingerprint density at radius 1 is 0.957 bits per heavy atom. The average Bonchev–Trinajstić information content (AvgIpc) is 3.36. The van der Waals surface area contributed by atoms with Crippen LogP contribution >= 0.6 is 11.6 Å². The first-order valence-electron chi connectivity index (χ1n) is 7.31. The van der Waals surface area contributed by atoms with Gasteiger partial charge in [-0.1, -0.05) is 41.9 Å². The lowest BCUT2D eigenvalue weighted by Crippen LogP contribution is -2.44. The number of carbonyl (C=O) groups is 2. The summed E-state index contributed by atoms with van der Waals surface area (Å²) in [6.45, 7) is 0. The molecule has 0 radical (unpaired) electrons. The van der Waals surface area contributed by atoms with Crippen molar-refractivity contribution in [2.45, 2.75) is 12.3 Å². The van der Waals surface area contributed by atoms with Gasteiger partial charge in [-0.3, -0.25) is 10.2 Å². The summed E-state index contributed by atoms with van der Waals surface area (Å²) in [5.41, 5.74) is 6.55. The number of benzene rings is 2. The van der Waals surface area contributed by atoms with E-state index in [1.54, 1.807) is 24.3 Å². The monoisotopic (exact) mass is 329 g/mol. The van der Waals surface area contributed by atoms with E-state index in [9.17, 15) is 9.59 Å². The zero-order valence-electron chi connectivity index (χ0n) is 12.3. The molecule has 1 aliphatic rings. The van der Waals surface area contributed by atoms with Crippen LogP contribution in [0.3, 0.4) is 0 Å². The van der Waals surface area contributed by atoms with Crippen LogP contribution in [0.25, 0.3) is 0 Å². The lowest BCUT2D eigenvalue weighted by atomic mass is 10.1. The van der Waals surface area contributed by atoms with E-state index in [-0.39, 0.29) is 17.7 Å². The number of halogens is 1. The van der Waals surface area contributed by atoms with Crippen molar-refractivity contribution in [3.8, 4) is 0 Å². The molecule has 0 saturated heterocycles. The number of hydrogen-bond donors (Lipinski definition) is 3. The third kappa shape index (κ3) is 4.02. The highest BCUT2D eigenvalue weighted by Gasteiger charge is 2.43. The van der Waals surface area contributed by atoms with Crippen LogP contribution in [-0.4, -0.2) is 11.9 Å². The van der Waals surface area contributed by atoms with Gasteiger partial charge in [-0.15, -0.1) is 0 Å². The highest BCUT2D eigenvalue weighted by molar-refractivity contribution is 6.30. The van der Waals surface area contributed by atoms with E-state index < -0.39 is 6.03 Å². The standard InChI is InChI=1S/C17H16ClN3O2/c18-12-6-8-13(9-7-12)19-17(23)21-20-16(22)15-10-14(15)11-4-2-1-3-5-11/h1-9,14-15H,10H2,(H,20,22)(H2,19,21,23)/t14-,15+/m1/s1. The molecule has 3 amide bonds. The summed E-state index contributed by atoms with van der Waals surface area (Å²) in [7, 11) is 0. The molecule has 0 unspecified atom stereocenters. The normalized spacial score (nSPS) is 18.8.